The number of amides is 1. The minimum Gasteiger partial charge on any atom is -0.396 e. The van der Waals surface area contributed by atoms with E-state index in [1.54, 1.807) is 0 Å². The summed E-state index contributed by atoms with van der Waals surface area (Å²) in [6.45, 7) is 0.759. The quantitative estimate of drug-likeness (QED) is 0.388. The summed E-state index contributed by atoms with van der Waals surface area (Å²) >= 11 is 0. The van der Waals surface area contributed by atoms with Crippen molar-refractivity contribution in [2.75, 3.05) is 18.5 Å². The number of nitriles is 1. The number of carbonyl (C=O) groups excluding carboxylic acids is 1. The summed E-state index contributed by atoms with van der Waals surface area (Å²) in [5.41, 5.74) is 0.225. The van der Waals surface area contributed by atoms with Crippen LogP contribution in [0, 0.1) is 11.3 Å². The van der Waals surface area contributed by atoms with Crippen LogP contribution in [0.2, 0.25) is 0 Å². The average molecular weight is 379 g/mol. The lowest BCUT2D eigenvalue weighted by atomic mass is 10.00. The van der Waals surface area contributed by atoms with Gasteiger partial charge in [-0.15, -0.1) is 0 Å². The largest absolute Gasteiger partial charge is 0.396 e. The molecule has 0 aromatic heterocycles. The van der Waals surface area contributed by atoms with Crippen molar-refractivity contribution in [3.05, 3.63) is 36.0 Å². The van der Waals surface area contributed by atoms with Gasteiger partial charge in [-0.1, -0.05) is 0 Å². The number of aliphatic hydroxyl groups excluding tert-OH is 1. The van der Waals surface area contributed by atoms with Crippen LogP contribution in [0.25, 0.3) is 0 Å². The van der Waals surface area contributed by atoms with Crippen molar-refractivity contribution in [3.63, 3.8) is 0 Å². The first-order valence-electron chi connectivity index (χ1n) is 8.22. The minimum atomic E-state index is -4.30. The lowest BCUT2D eigenvalue weighted by molar-refractivity contribution is -0.112. The number of carbonyl (C=O) groups is 1. The van der Waals surface area contributed by atoms with Crippen molar-refractivity contribution in [2.45, 2.75) is 36.6 Å². The fourth-order valence-corrected chi connectivity index (χ4v) is 3.34. The Morgan fingerprint density at radius 1 is 1.35 bits per heavy atom. The highest BCUT2D eigenvalue weighted by Crippen LogP contribution is 2.21. The molecule has 1 atom stereocenters. The monoisotopic (exact) mass is 379 g/mol. The molecule has 1 aliphatic rings. The zero-order valence-corrected chi connectivity index (χ0v) is 14.9. The molecule has 1 aliphatic heterocycles. The first-order valence-corrected chi connectivity index (χ1v) is 9.66. The van der Waals surface area contributed by atoms with Gasteiger partial charge in [0.05, 0.1) is 4.90 Å². The zero-order valence-electron chi connectivity index (χ0n) is 14.1. The van der Waals surface area contributed by atoms with E-state index in [-0.39, 0.29) is 23.1 Å². The number of anilines is 1. The van der Waals surface area contributed by atoms with Crippen LogP contribution in [0.5, 0.6) is 0 Å². The molecule has 1 aromatic rings. The molecule has 0 aliphatic carbocycles. The highest BCUT2D eigenvalue weighted by Gasteiger charge is 2.21. The Labute approximate surface area is 152 Å². The predicted molar refractivity (Wildman–Crippen MR) is 94.6 cm³/mol. The van der Waals surface area contributed by atoms with E-state index in [1.807, 2.05) is 11.0 Å². The van der Waals surface area contributed by atoms with Gasteiger partial charge in [-0.3, -0.25) is 9.35 Å². The molecule has 140 valence electrons. The van der Waals surface area contributed by atoms with Gasteiger partial charge < -0.3 is 15.3 Å². The van der Waals surface area contributed by atoms with E-state index in [4.69, 9.17) is 9.66 Å². The summed E-state index contributed by atoms with van der Waals surface area (Å²) < 4.78 is 31.0. The molecule has 0 bridgehead atoms. The molecular formula is C17H21N3O5S. The number of aliphatic hydroxyl groups is 1. The third-order valence-electron chi connectivity index (χ3n) is 4.21. The molecule has 1 heterocycles. The molecule has 1 amide bonds. The Kier molecular flexibility index (Phi) is 6.74. The van der Waals surface area contributed by atoms with Gasteiger partial charge in [-0.2, -0.15) is 13.7 Å². The Morgan fingerprint density at radius 2 is 2.04 bits per heavy atom. The topological polar surface area (TPSA) is 131 Å². The van der Waals surface area contributed by atoms with Crippen molar-refractivity contribution in [3.8, 4) is 6.07 Å². The van der Waals surface area contributed by atoms with E-state index in [2.05, 4.69) is 5.32 Å². The van der Waals surface area contributed by atoms with E-state index < -0.39 is 16.0 Å². The molecule has 26 heavy (non-hydrogen) atoms. The fraction of sp³-hybridized carbons (Fsp3) is 0.412. The fourth-order valence-electron chi connectivity index (χ4n) is 2.86. The number of hydrogen-bond donors (Lipinski definition) is 3. The molecule has 1 fully saturated rings. The van der Waals surface area contributed by atoms with Gasteiger partial charge in [0.2, 0.25) is 0 Å². The molecule has 8 nitrogen and oxygen atoms in total. The van der Waals surface area contributed by atoms with E-state index in [9.17, 15) is 18.5 Å². The molecule has 1 unspecified atom stereocenters. The van der Waals surface area contributed by atoms with Gasteiger partial charge in [0.15, 0.2) is 0 Å². The van der Waals surface area contributed by atoms with Gasteiger partial charge in [-0.05, 0) is 49.9 Å². The highest BCUT2D eigenvalue weighted by molar-refractivity contribution is 7.85. The second-order valence-electron chi connectivity index (χ2n) is 6.01. The van der Waals surface area contributed by atoms with Crippen molar-refractivity contribution < 1.29 is 22.9 Å². The molecule has 1 saturated heterocycles. The maximum Gasteiger partial charge on any atom is 0.294 e. The smallest absolute Gasteiger partial charge is 0.294 e. The Bertz CT molecular complexity index is 810. The summed E-state index contributed by atoms with van der Waals surface area (Å²) in [6.07, 6.45) is 4.99. The Balaban J connectivity index is 2.11. The lowest BCUT2D eigenvalue weighted by Gasteiger charge is -2.34. The standard InChI is InChI=1S/C17H21N3O5S/c18-11-13(12-20-9-2-1-3-15(20)8-10-21)17(22)19-14-4-6-16(7-5-14)26(23,24)25/h4-7,12,15,21H,1-3,8-10H2,(H,19,22)(H,23,24,25)/b13-12-. The molecular weight excluding hydrogens is 358 g/mol. The van der Waals surface area contributed by atoms with E-state index in [0.717, 1.165) is 31.4 Å². The van der Waals surface area contributed by atoms with Crippen LogP contribution in [0.1, 0.15) is 25.7 Å². The SMILES string of the molecule is N#C/C(=C/N1CCCCC1CCO)C(=O)Nc1ccc(S(=O)(=O)O)cc1. The normalized spacial score (nSPS) is 18.3. The summed E-state index contributed by atoms with van der Waals surface area (Å²) in [5, 5.41) is 21.0. The number of piperidine rings is 1. The van der Waals surface area contributed by atoms with Crippen molar-refractivity contribution in [2.24, 2.45) is 0 Å². The van der Waals surface area contributed by atoms with Crippen LogP contribution < -0.4 is 5.32 Å². The maximum atomic E-state index is 12.3. The van der Waals surface area contributed by atoms with Crippen LogP contribution in [0.3, 0.4) is 0 Å². The molecule has 1 aromatic carbocycles. The molecule has 0 spiro atoms. The van der Waals surface area contributed by atoms with Crippen molar-refractivity contribution >= 4 is 21.7 Å². The molecule has 0 radical (unpaired) electrons. The third-order valence-corrected chi connectivity index (χ3v) is 5.07. The maximum absolute atomic E-state index is 12.3. The van der Waals surface area contributed by atoms with Crippen LogP contribution in [0.15, 0.2) is 40.9 Å². The van der Waals surface area contributed by atoms with Crippen LogP contribution in [-0.4, -0.2) is 48.1 Å². The van der Waals surface area contributed by atoms with Crippen LogP contribution >= 0.6 is 0 Å². The van der Waals surface area contributed by atoms with E-state index >= 15 is 0 Å². The first kappa shape index (κ1) is 19.9. The highest BCUT2D eigenvalue weighted by atomic mass is 32.2. The summed E-state index contributed by atoms with van der Waals surface area (Å²) in [4.78, 5) is 13.9. The summed E-state index contributed by atoms with van der Waals surface area (Å²) in [6, 6.07) is 6.93. The van der Waals surface area contributed by atoms with E-state index in [0.29, 0.717) is 18.7 Å². The van der Waals surface area contributed by atoms with E-state index in [1.165, 1.54) is 18.3 Å². The van der Waals surface area contributed by atoms with Crippen LogP contribution in [0.4, 0.5) is 5.69 Å². The summed E-state index contributed by atoms with van der Waals surface area (Å²) in [5.74, 6) is -0.611. The average Bonchev–Trinajstić information content (AvgIpc) is 2.60. The molecule has 0 saturated carbocycles. The van der Waals surface area contributed by atoms with Crippen molar-refractivity contribution in [1.29, 1.82) is 5.26 Å². The second kappa shape index (κ2) is 8.80. The second-order valence-corrected chi connectivity index (χ2v) is 7.43. The third kappa shape index (κ3) is 5.29. The minimum absolute atomic E-state index is 0.0448. The molecule has 9 heteroatoms. The first-order chi connectivity index (χ1) is 12.3. The van der Waals surface area contributed by atoms with Gasteiger partial charge in [0.1, 0.15) is 11.6 Å². The molecule has 2 rings (SSSR count). The number of likely N-dealkylation sites (tertiary alicyclic amines) is 1. The molecule has 3 N–H and O–H groups in total. The van der Waals surface area contributed by atoms with Gasteiger partial charge >= 0.3 is 0 Å². The van der Waals surface area contributed by atoms with Gasteiger partial charge in [0, 0.05) is 31.1 Å². The predicted octanol–water partition coefficient (Wildman–Crippen LogP) is 1.52. The Hall–Kier alpha value is -2.41. The number of nitrogens with zero attached hydrogens (tertiary/aromatic N) is 2. The van der Waals surface area contributed by atoms with Gasteiger partial charge in [-0.25, -0.2) is 0 Å². The van der Waals surface area contributed by atoms with Gasteiger partial charge in [0.25, 0.3) is 16.0 Å². The van der Waals surface area contributed by atoms with Crippen molar-refractivity contribution in [1.82, 2.24) is 4.90 Å². The number of benzene rings is 1. The van der Waals surface area contributed by atoms with Crippen LogP contribution in [-0.2, 0) is 14.9 Å². The number of nitrogens with one attached hydrogen (secondary N) is 1. The lowest BCUT2D eigenvalue weighted by Crippen LogP contribution is -2.37. The number of hydrogen-bond acceptors (Lipinski definition) is 6. The number of rotatable bonds is 6. The zero-order chi connectivity index (χ0) is 19.2. The Morgan fingerprint density at radius 3 is 2.62 bits per heavy atom. The summed E-state index contributed by atoms with van der Waals surface area (Å²) in [7, 11) is -4.30.